The molecule has 0 aliphatic carbocycles. The molecule has 0 aliphatic rings. The number of thioether (sulfide) groups is 1. The molecule has 0 saturated carbocycles. The minimum atomic E-state index is -0.277. The minimum absolute atomic E-state index is 0.0264. The number of amides is 2. The zero-order chi connectivity index (χ0) is 17.5. The maximum Gasteiger partial charge on any atom is 0.240 e. The van der Waals surface area contributed by atoms with Crippen LogP contribution in [0, 0.1) is 6.92 Å². The van der Waals surface area contributed by atoms with Crippen molar-refractivity contribution in [2.24, 2.45) is 0 Å². The van der Waals surface area contributed by atoms with Gasteiger partial charge in [0.15, 0.2) is 0 Å². The Bertz CT molecular complexity index is 524. The highest BCUT2D eigenvalue weighted by molar-refractivity contribution is 7.98. The standard InChI is InChI=1S/C16H27N3O2S2/c1-6-19(9-14(20)18-16(3,4)5)15(21)7-8-22-10-13-11-23-12(2)17-13/h11H,6-10H2,1-5H3,(H,18,20). The Morgan fingerprint density at radius 2 is 2.09 bits per heavy atom. The van der Waals surface area contributed by atoms with Crippen LogP contribution in [0.4, 0.5) is 0 Å². The van der Waals surface area contributed by atoms with Crippen LogP contribution in [0.15, 0.2) is 5.38 Å². The fourth-order valence-electron chi connectivity index (χ4n) is 1.98. The van der Waals surface area contributed by atoms with Crippen molar-refractivity contribution in [3.63, 3.8) is 0 Å². The maximum absolute atomic E-state index is 12.2. The van der Waals surface area contributed by atoms with Crippen molar-refractivity contribution in [1.29, 1.82) is 0 Å². The van der Waals surface area contributed by atoms with Gasteiger partial charge in [0.2, 0.25) is 11.8 Å². The second-order valence-electron chi connectivity index (χ2n) is 6.37. The Hall–Kier alpha value is -1.08. The summed E-state index contributed by atoms with van der Waals surface area (Å²) in [4.78, 5) is 30.1. The number of hydrogen-bond donors (Lipinski definition) is 1. The molecule has 0 fully saturated rings. The van der Waals surface area contributed by atoms with E-state index in [-0.39, 0.29) is 23.9 Å². The number of likely N-dealkylation sites (N-methyl/N-ethyl adjacent to an activating group) is 1. The van der Waals surface area contributed by atoms with E-state index < -0.39 is 0 Å². The average Bonchev–Trinajstić information content (AvgIpc) is 2.84. The molecule has 1 N–H and O–H groups in total. The van der Waals surface area contributed by atoms with Crippen molar-refractivity contribution in [3.05, 3.63) is 16.1 Å². The molecule has 1 aromatic heterocycles. The van der Waals surface area contributed by atoms with E-state index in [9.17, 15) is 9.59 Å². The molecule has 0 atom stereocenters. The normalized spacial score (nSPS) is 11.3. The van der Waals surface area contributed by atoms with Crippen LogP contribution in [0.25, 0.3) is 0 Å². The molecule has 0 spiro atoms. The molecule has 5 nitrogen and oxygen atoms in total. The van der Waals surface area contributed by atoms with Crippen molar-refractivity contribution in [3.8, 4) is 0 Å². The van der Waals surface area contributed by atoms with E-state index >= 15 is 0 Å². The van der Waals surface area contributed by atoms with Gasteiger partial charge in [-0.2, -0.15) is 11.8 Å². The first kappa shape index (κ1) is 20.0. The van der Waals surface area contributed by atoms with E-state index in [0.29, 0.717) is 13.0 Å². The zero-order valence-electron chi connectivity index (χ0n) is 14.6. The lowest BCUT2D eigenvalue weighted by atomic mass is 10.1. The molecule has 1 heterocycles. The SMILES string of the molecule is CCN(CC(=O)NC(C)(C)C)C(=O)CCSCc1csc(C)n1. The fourth-order valence-corrected chi connectivity index (χ4v) is 3.51. The Kier molecular flexibility index (Phi) is 8.05. The van der Waals surface area contributed by atoms with E-state index in [0.717, 1.165) is 22.2 Å². The first-order chi connectivity index (χ1) is 10.7. The molecule has 130 valence electrons. The van der Waals surface area contributed by atoms with Crippen molar-refractivity contribution in [2.75, 3.05) is 18.8 Å². The van der Waals surface area contributed by atoms with Gasteiger partial charge in [0.25, 0.3) is 0 Å². The van der Waals surface area contributed by atoms with Gasteiger partial charge in [-0.1, -0.05) is 0 Å². The number of rotatable bonds is 8. The molecule has 23 heavy (non-hydrogen) atoms. The first-order valence-electron chi connectivity index (χ1n) is 7.79. The second-order valence-corrected chi connectivity index (χ2v) is 8.53. The predicted molar refractivity (Wildman–Crippen MR) is 97.8 cm³/mol. The molecule has 2 amide bonds. The number of hydrogen-bond acceptors (Lipinski definition) is 5. The van der Waals surface area contributed by atoms with Crippen molar-refractivity contribution < 1.29 is 9.59 Å². The van der Waals surface area contributed by atoms with Gasteiger partial charge < -0.3 is 10.2 Å². The lowest BCUT2D eigenvalue weighted by Crippen LogP contribution is -2.47. The Morgan fingerprint density at radius 3 is 2.61 bits per heavy atom. The van der Waals surface area contributed by atoms with Gasteiger partial charge in [-0.25, -0.2) is 4.98 Å². The molecule has 7 heteroatoms. The Morgan fingerprint density at radius 1 is 1.39 bits per heavy atom. The summed E-state index contributed by atoms with van der Waals surface area (Å²) >= 11 is 3.35. The van der Waals surface area contributed by atoms with Gasteiger partial charge in [-0.3, -0.25) is 9.59 Å². The summed E-state index contributed by atoms with van der Waals surface area (Å²) in [6.45, 7) is 10.4. The van der Waals surface area contributed by atoms with E-state index in [2.05, 4.69) is 15.7 Å². The van der Waals surface area contributed by atoms with Gasteiger partial charge in [0.05, 0.1) is 17.2 Å². The molecule has 1 rings (SSSR count). The highest BCUT2D eigenvalue weighted by atomic mass is 32.2. The Labute approximate surface area is 147 Å². The van der Waals surface area contributed by atoms with Crippen molar-refractivity contribution in [1.82, 2.24) is 15.2 Å². The monoisotopic (exact) mass is 357 g/mol. The number of aryl methyl sites for hydroxylation is 1. The largest absolute Gasteiger partial charge is 0.350 e. The smallest absolute Gasteiger partial charge is 0.240 e. The highest BCUT2D eigenvalue weighted by Gasteiger charge is 2.19. The van der Waals surface area contributed by atoms with Crippen LogP contribution >= 0.6 is 23.1 Å². The predicted octanol–water partition coefficient (Wildman–Crippen LogP) is 2.84. The van der Waals surface area contributed by atoms with Gasteiger partial charge in [0, 0.05) is 35.4 Å². The molecular weight excluding hydrogens is 330 g/mol. The van der Waals surface area contributed by atoms with E-state index in [4.69, 9.17) is 0 Å². The summed E-state index contributed by atoms with van der Waals surface area (Å²) in [7, 11) is 0. The summed E-state index contributed by atoms with van der Waals surface area (Å²) in [6.07, 6.45) is 0.449. The van der Waals surface area contributed by atoms with Crippen LogP contribution in [0.5, 0.6) is 0 Å². The summed E-state index contributed by atoms with van der Waals surface area (Å²) in [5.74, 6) is 1.48. The number of nitrogens with one attached hydrogen (secondary N) is 1. The van der Waals surface area contributed by atoms with E-state index in [1.807, 2.05) is 34.6 Å². The molecule has 0 aromatic carbocycles. The molecule has 0 bridgehead atoms. The summed E-state index contributed by atoms with van der Waals surface area (Å²) in [5, 5.41) is 6.01. The third kappa shape index (κ3) is 8.37. The molecule has 0 saturated heterocycles. The third-order valence-electron chi connectivity index (χ3n) is 2.96. The van der Waals surface area contributed by atoms with Crippen LogP contribution in [0.3, 0.4) is 0 Å². The van der Waals surface area contributed by atoms with E-state index in [1.54, 1.807) is 28.0 Å². The highest BCUT2D eigenvalue weighted by Crippen LogP contribution is 2.16. The van der Waals surface area contributed by atoms with Crippen LogP contribution < -0.4 is 5.32 Å². The molecule has 0 radical (unpaired) electrons. The minimum Gasteiger partial charge on any atom is -0.350 e. The van der Waals surface area contributed by atoms with Crippen LogP contribution in [-0.4, -0.2) is 46.1 Å². The number of nitrogens with zero attached hydrogens (tertiary/aromatic N) is 2. The van der Waals surface area contributed by atoms with E-state index in [1.165, 1.54) is 0 Å². The third-order valence-corrected chi connectivity index (χ3v) is 4.78. The van der Waals surface area contributed by atoms with Crippen LogP contribution in [0.1, 0.15) is 44.8 Å². The summed E-state index contributed by atoms with van der Waals surface area (Å²) in [5.41, 5.74) is 0.794. The maximum atomic E-state index is 12.2. The zero-order valence-corrected chi connectivity index (χ0v) is 16.3. The van der Waals surface area contributed by atoms with Crippen LogP contribution in [0.2, 0.25) is 0 Å². The van der Waals surface area contributed by atoms with Crippen LogP contribution in [-0.2, 0) is 15.3 Å². The van der Waals surface area contributed by atoms with Gasteiger partial charge in [0.1, 0.15) is 0 Å². The molecule has 0 unspecified atom stereocenters. The summed E-state index contributed by atoms with van der Waals surface area (Å²) < 4.78 is 0. The lowest BCUT2D eigenvalue weighted by Gasteiger charge is -2.25. The molecule has 1 aromatic rings. The number of carbonyl (C=O) groups is 2. The molecule has 0 aliphatic heterocycles. The van der Waals surface area contributed by atoms with Crippen molar-refractivity contribution in [2.45, 2.75) is 52.3 Å². The topological polar surface area (TPSA) is 62.3 Å². The van der Waals surface area contributed by atoms with Gasteiger partial charge >= 0.3 is 0 Å². The summed E-state index contributed by atoms with van der Waals surface area (Å²) in [6, 6.07) is 0. The number of thiazole rings is 1. The Balaban J connectivity index is 2.31. The second kappa shape index (κ2) is 9.27. The number of aromatic nitrogens is 1. The quantitative estimate of drug-likeness (QED) is 0.727. The fraction of sp³-hybridized carbons (Fsp3) is 0.688. The van der Waals surface area contributed by atoms with Gasteiger partial charge in [-0.15, -0.1) is 11.3 Å². The van der Waals surface area contributed by atoms with Gasteiger partial charge in [-0.05, 0) is 34.6 Å². The average molecular weight is 358 g/mol. The molecular formula is C16H27N3O2S2. The number of carbonyl (C=O) groups excluding carboxylic acids is 2. The van der Waals surface area contributed by atoms with Crippen molar-refractivity contribution >= 4 is 34.9 Å². The lowest BCUT2D eigenvalue weighted by molar-refractivity contribution is -0.136. The first-order valence-corrected chi connectivity index (χ1v) is 9.82.